The van der Waals surface area contributed by atoms with Gasteiger partial charge in [0.05, 0.1) is 12.1 Å². The van der Waals surface area contributed by atoms with E-state index in [-0.39, 0.29) is 29.4 Å². The zero-order valence-electron chi connectivity index (χ0n) is 12.0. The summed E-state index contributed by atoms with van der Waals surface area (Å²) in [6, 6.07) is -0.243. The molecule has 2 fully saturated rings. The standard InChI is InChI=1S/C15H24N2O2/c1-5-10(6-2)17-13(18)15(16)11-8-7-9-19-12(11)14(15,3)4/h1,10-12H,6-9,16H2,2-4H3,(H,17,18). The van der Waals surface area contributed by atoms with Crippen molar-refractivity contribution in [2.24, 2.45) is 17.1 Å². The number of rotatable bonds is 3. The molecule has 1 amide bonds. The first-order valence-electron chi connectivity index (χ1n) is 7.07. The Morgan fingerprint density at radius 3 is 2.89 bits per heavy atom. The van der Waals surface area contributed by atoms with Crippen molar-refractivity contribution < 1.29 is 9.53 Å². The highest BCUT2D eigenvalue weighted by Gasteiger charge is 2.70. The van der Waals surface area contributed by atoms with Gasteiger partial charge in [0.15, 0.2) is 0 Å². The summed E-state index contributed by atoms with van der Waals surface area (Å²) < 4.78 is 5.80. The highest BCUT2D eigenvalue weighted by Crippen LogP contribution is 2.57. The Morgan fingerprint density at radius 1 is 1.63 bits per heavy atom. The van der Waals surface area contributed by atoms with Crippen LogP contribution < -0.4 is 11.1 Å². The second-order valence-corrected chi connectivity index (χ2v) is 6.23. The van der Waals surface area contributed by atoms with Crippen LogP contribution in [0.2, 0.25) is 0 Å². The lowest BCUT2D eigenvalue weighted by atomic mass is 9.46. The average molecular weight is 264 g/mol. The van der Waals surface area contributed by atoms with E-state index < -0.39 is 5.54 Å². The summed E-state index contributed by atoms with van der Waals surface area (Å²) in [5, 5.41) is 2.89. The fraction of sp³-hybridized carbons (Fsp3) is 0.800. The van der Waals surface area contributed by atoms with E-state index in [1.54, 1.807) is 0 Å². The smallest absolute Gasteiger partial charge is 0.242 e. The van der Waals surface area contributed by atoms with Gasteiger partial charge in [-0.1, -0.05) is 26.7 Å². The lowest BCUT2D eigenvalue weighted by Gasteiger charge is -2.65. The zero-order chi connectivity index (χ0) is 14.3. The van der Waals surface area contributed by atoms with Gasteiger partial charge < -0.3 is 15.8 Å². The van der Waals surface area contributed by atoms with Crippen molar-refractivity contribution in [3.05, 3.63) is 0 Å². The van der Waals surface area contributed by atoms with Crippen LogP contribution in [0.25, 0.3) is 0 Å². The van der Waals surface area contributed by atoms with Gasteiger partial charge in [-0.25, -0.2) is 0 Å². The maximum atomic E-state index is 12.6. The van der Waals surface area contributed by atoms with Gasteiger partial charge in [0.1, 0.15) is 5.54 Å². The molecule has 4 heteroatoms. The molecule has 1 heterocycles. The molecule has 1 aliphatic carbocycles. The van der Waals surface area contributed by atoms with E-state index in [2.05, 4.69) is 11.2 Å². The van der Waals surface area contributed by atoms with Crippen molar-refractivity contribution in [1.29, 1.82) is 0 Å². The second-order valence-electron chi connectivity index (χ2n) is 6.23. The topological polar surface area (TPSA) is 64.4 Å². The van der Waals surface area contributed by atoms with E-state index in [0.29, 0.717) is 6.42 Å². The van der Waals surface area contributed by atoms with Crippen LogP contribution in [0, 0.1) is 23.7 Å². The SMILES string of the molecule is C#CC(CC)NC(=O)C1(N)C2CCCOC2C1(C)C. The molecule has 0 spiro atoms. The molecule has 1 aliphatic heterocycles. The quantitative estimate of drug-likeness (QED) is 0.749. The van der Waals surface area contributed by atoms with Gasteiger partial charge in [0, 0.05) is 17.9 Å². The third kappa shape index (κ3) is 1.87. The lowest BCUT2D eigenvalue weighted by Crippen LogP contribution is -2.82. The first kappa shape index (κ1) is 14.4. The van der Waals surface area contributed by atoms with Gasteiger partial charge in [-0.2, -0.15) is 0 Å². The van der Waals surface area contributed by atoms with E-state index in [9.17, 15) is 4.79 Å². The molecule has 1 saturated carbocycles. The van der Waals surface area contributed by atoms with Gasteiger partial charge in [-0.3, -0.25) is 4.79 Å². The molecule has 2 rings (SSSR count). The number of amides is 1. The molecule has 2 aliphatic rings. The number of hydrogen-bond acceptors (Lipinski definition) is 3. The fourth-order valence-electron chi connectivity index (χ4n) is 3.58. The van der Waals surface area contributed by atoms with Gasteiger partial charge in [-0.05, 0) is 19.3 Å². The van der Waals surface area contributed by atoms with Gasteiger partial charge in [0.2, 0.25) is 5.91 Å². The minimum Gasteiger partial charge on any atom is -0.377 e. The molecule has 4 nitrogen and oxygen atoms in total. The monoisotopic (exact) mass is 264 g/mol. The Bertz CT molecular complexity index is 413. The lowest BCUT2D eigenvalue weighted by molar-refractivity contribution is -0.225. The largest absolute Gasteiger partial charge is 0.377 e. The average Bonchev–Trinajstić information content (AvgIpc) is 2.43. The molecule has 0 radical (unpaired) electrons. The molecule has 106 valence electrons. The van der Waals surface area contributed by atoms with Crippen molar-refractivity contribution in [3.63, 3.8) is 0 Å². The first-order valence-corrected chi connectivity index (χ1v) is 7.07. The third-order valence-electron chi connectivity index (χ3n) is 4.98. The van der Waals surface area contributed by atoms with Gasteiger partial charge >= 0.3 is 0 Å². The zero-order valence-corrected chi connectivity index (χ0v) is 12.0. The van der Waals surface area contributed by atoms with Crippen LogP contribution in [0.4, 0.5) is 0 Å². The number of terminal acetylenes is 1. The molecule has 19 heavy (non-hydrogen) atoms. The summed E-state index contributed by atoms with van der Waals surface area (Å²) in [5.41, 5.74) is 5.25. The van der Waals surface area contributed by atoms with Crippen molar-refractivity contribution in [3.8, 4) is 12.3 Å². The van der Waals surface area contributed by atoms with Crippen molar-refractivity contribution in [2.45, 2.75) is 57.7 Å². The fourth-order valence-corrected chi connectivity index (χ4v) is 3.58. The molecular weight excluding hydrogens is 240 g/mol. The Balaban J connectivity index is 2.17. The highest BCUT2D eigenvalue weighted by molar-refractivity contribution is 5.90. The number of ether oxygens (including phenoxy) is 1. The van der Waals surface area contributed by atoms with Crippen LogP contribution in [0.3, 0.4) is 0 Å². The van der Waals surface area contributed by atoms with E-state index in [0.717, 1.165) is 19.4 Å². The molecule has 4 unspecified atom stereocenters. The first-order chi connectivity index (χ1) is 8.89. The van der Waals surface area contributed by atoms with Crippen LogP contribution in [0.15, 0.2) is 0 Å². The number of carbonyl (C=O) groups is 1. The summed E-state index contributed by atoms with van der Waals surface area (Å²) in [4.78, 5) is 12.6. The molecule has 4 atom stereocenters. The number of carbonyl (C=O) groups excluding carboxylic acids is 1. The molecule has 0 aromatic rings. The molecule has 0 bridgehead atoms. The Labute approximate surface area is 115 Å². The summed E-state index contributed by atoms with van der Waals surface area (Å²) in [6.45, 7) is 6.74. The second kappa shape index (κ2) is 4.81. The molecule has 3 N–H and O–H groups in total. The number of nitrogens with one attached hydrogen (secondary N) is 1. The Kier molecular flexibility index (Phi) is 3.63. The Hall–Kier alpha value is -1.05. The van der Waals surface area contributed by atoms with Crippen LogP contribution in [0.1, 0.15) is 40.0 Å². The number of hydrogen-bond donors (Lipinski definition) is 2. The highest BCUT2D eigenvalue weighted by atomic mass is 16.5. The normalized spacial score (nSPS) is 37.4. The van der Waals surface area contributed by atoms with Crippen LogP contribution in [-0.4, -0.2) is 30.2 Å². The van der Waals surface area contributed by atoms with Crippen LogP contribution >= 0.6 is 0 Å². The Morgan fingerprint density at radius 2 is 2.32 bits per heavy atom. The van der Waals surface area contributed by atoms with Gasteiger partial charge in [-0.15, -0.1) is 6.42 Å². The third-order valence-corrected chi connectivity index (χ3v) is 4.98. The maximum Gasteiger partial charge on any atom is 0.242 e. The summed E-state index contributed by atoms with van der Waals surface area (Å²) in [7, 11) is 0. The molecule has 0 aromatic carbocycles. The molecule has 1 saturated heterocycles. The number of fused-ring (bicyclic) bond motifs is 1. The van der Waals surface area contributed by atoms with Crippen molar-refractivity contribution in [2.75, 3.05) is 6.61 Å². The van der Waals surface area contributed by atoms with E-state index in [1.165, 1.54) is 0 Å². The predicted octanol–water partition coefficient (Wildman–Crippen LogP) is 1.05. The van der Waals surface area contributed by atoms with Crippen molar-refractivity contribution >= 4 is 5.91 Å². The van der Waals surface area contributed by atoms with Crippen molar-refractivity contribution in [1.82, 2.24) is 5.32 Å². The van der Waals surface area contributed by atoms with E-state index in [1.807, 2.05) is 20.8 Å². The number of nitrogens with two attached hydrogens (primary N) is 1. The summed E-state index contributed by atoms with van der Waals surface area (Å²) in [5.74, 6) is 2.56. The predicted molar refractivity (Wildman–Crippen MR) is 74.2 cm³/mol. The molecular formula is C15H24N2O2. The molecule has 0 aromatic heterocycles. The van der Waals surface area contributed by atoms with E-state index in [4.69, 9.17) is 16.9 Å². The van der Waals surface area contributed by atoms with Gasteiger partial charge in [0.25, 0.3) is 0 Å². The van der Waals surface area contributed by atoms with Crippen LogP contribution in [0.5, 0.6) is 0 Å². The maximum absolute atomic E-state index is 12.6. The minimum absolute atomic E-state index is 0.0860. The summed E-state index contributed by atoms with van der Waals surface area (Å²) in [6.07, 6.45) is 8.12. The summed E-state index contributed by atoms with van der Waals surface area (Å²) >= 11 is 0. The van der Waals surface area contributed by atoms with Crippen LogP contribution in [-0.2, 0) is 9.53 Å². The minimum atomic E-state index is -0.873. The van der Waals surface area contributed by atoms with E-state index >= 15 is 0 Å².